The number of carbonyl (C=O) groups is 1. The molecule has 1 aromatic heterocycles. The summed E-state index contributed by atoms with van der Waals surface area (Å²) >= 11 is 1.88. The summed E-state index contributed by atoms with van der Waals surface area (Å²) in [5.74, 6) is 0.281. The Labute approximate surface area is 124 Å². The predicted octanol–water partition coefficient (Wildman–Crippen LogP) is 4.29. The molecule has 1 aliphatic rings. The number of thiophene rings is 1. The van der Waals surface area contributed by atoms with Crippen LogP contribution in [0.1, 0.15) is 39.9 Å². The predicted molar refractivity (Wildman–Crippen MR) is 84.8 cm³/mol. The molecule has 0 unspecified atom stereocenters. The van der Waals surface area contributed by atoms with Crippen molar-refractivity contribution >= 4 is 22.8 Å². The second-order valence-electron chi connectivity index (χ2n) is 5.19. The van der Waals surface area contributed by atoms with Gasteiger partial charge in [0.1, 0.15) is 0 Å². The fourth-order valence-electron chi connectivity index (χ4n) is 2.72. The van der Waals surface area contributed by atoms with Crippen molar-refractivity contribution in [3.05, 3.63) is 51.7 Å². The van der Waals surface area contributed by atoms with E-state index in [0.29, 0.717) is 6.42 Å². The zero-order valence-electron chi connectivity index (χ0n) is 11.8. The van der Waals surface area contributed by atoms with Crippen LogP contribution in [0.3, 0.4) is 0 Å². The van der Waals surface area contributed by atoms with Gasteiger partial charge in [0.05, 0.1) is 6.54 Å². The highest BCUT2D eigenvalue weighted by Gasteiger charge is 2.20. The lowest BCUT2D eigenvalue weighted by Crippen LogP contribution is -2.22. The average Bonchev–Trinajstić information content (AvgIpc) is 2.87. The van der Waals surface area contributed by atoms with Crippen LogP contribution >= 0.6 is 11.3 Å². The maximum atomic E-state index is 12.1. The van der Waals surface area contributed by atoms with Crippen LogP contribution in [0.4, 0.5) is 5.69 Å². The van der Waals surface area contributed by atoms with Crippen LogP contribution in [0.2, 0.25) is 0 Å². The van der Waals surface area contributed by atoms with Crippen LogP contribution < -0.4 is 4.90 Å². The molecule has 0 saturated heterocycles. The van der Waals surface area contributed by atoms with Gasteiger partial charge in [-0.2, -0.15) is 0 Å². The van der Waals surface area contributed by atoms with Gasteiger partial charge in [0.15, 0.2) is 5.78 Å². The van der Waals surface area contributed by atoms with Gasteiger partial charge in [0, 0.05) is 34.0 Å². The van der Waals surface area contributed by atoms with Crippen molar-refractivity contribution in [2.24, 2.45) is 0 Å². The number of fused-ring (bicyclic) bond motifs is 1. The Kier molecular flexibility index (Phi) is 3.88. The third kappa shape index (κ3) is 2.63. The highest BCUT2D eigenvalue weighted by atomic mass is 32.1. The quantitative estimate of drug-likeness (QED) is 0.838. The molecule has 3 rings (SSSR count). The standard InChI is InChI=1S/C17H19NOS/c1-2-13-9-10-14(20-13)12-18-11-5-8-17(19)15-6-3-4-7-16(15)18/h3-4,6-7,9-10H,2,5,8,11-12H2,1H3. The maximum Gasteiger partial charge on any atom is 0.165 e. The molecule has 0 spiro atoms. The molecule has 3 heteroatoms. The van der Waals surface area contributed by atoms with Crippen LogP contribution in [0.15, 0.2) is 36.4 Å². The fraction of sp³-hybridized carbons (Fsp3) is 0.353. The first kappa shape index (κ1) is 13.4. The number of Topliss-reactive ketones (excluding diaryl/α,β-unsaturated/α-hetero) is 1. The van der Waals surface area contributed by atoms with Crippen LogP contribution in [0.5, 0.6) is 0 Å². The first-order valence-electron chi connectivity index (χ1n) is 7.22. The van der Waals surface area contributed by atoms with Crippen LogP contribution in [0.25, 0.3) is 0 Å². The monoisotopic (exact) mass is 285 g/mol. The molecular weight excluding hydrogens is 266 g/mol. The Morgan fingerprint density at radius 2 is 1.95 bits per heavy atom. The zero-order chi connectivity index (χ0) is 13.9. The molecule has 0 N–H and O–H groups in total. The highest BCUT2D eigenvalue weighted by molar-refractivity contribution is 7.12. The third-order valence-corrected chi connectivity index (χ3v) is 5.00. The Bertz CT molecular complexity index is 617. The molecule has 0 saturated carbocycles. The Hall–Kier alpha value is -1.61. The van der Waals surface area contributed by atoms with E-state index < -0.39 is 0 Å². The summed E-state index contributed by atoms with van der Waals surface area (Å²) in [5.41, 5.74) is 1.98. The van der Waals surface area contributed by atoms with Crippen molar-refractivity contribution < 1.29 is 4.79 Å². The van der Waals surface area contributed by atoms with Crippen molar-refractivity contribution in [3.8, 4) is 0 Å². The lowest BCUT2D eigenvalue weighted by Gasteiger charge is -2.23. The van der Waals surface area contributed by atoms with E-state index in [-0.39, 0.29) is 5.78 Å². The maximum absolute atomic E-state index is 12.1. The highest BCUT2D eigenvalue weighted by Crippen LogP contribution is 2.29. The SMILES string of the molecule is CCc1ccc(CN2CCCC(=O)c3ccccc32)s1. The van der Waals surface area contributed by atoms with Gasteiger partial charge >= 0.3 is 0 Å². The summed E-state index contributed by atoms with van der Waals surface area (Å²) in [6.45, 7) is 4.06. The second-order valence-corrected chi connectivity index (χ2v) is 6.44. The number of rotatable bonds is 3. The number of nitrogens with zero attached hydrogens (tertiary/aromatic N) is 1. The van der Waals surface area contributed by atoms with E-state index in [1.54, 1.807) is 0 Å². The normalized spacial score (nSPS) is 15.1. The number of ketones is 1. The molecule has 0 aliphatic carbocycles. The van der Waals surface area contributed by atoms with Crippen LogP contribution in [0, 0.1) is 0 Å². The van der Waals surface area contributed by atoms with Crippen molar-refractivity contribution in [2.45, 2.75) is 32.7 Å². The number of benzene rings is 1. The number of para-hydroxylation sites is 1. The van der Waals surface area contributed by atoms with Gasteiger partial charge in [-0.15, -0.1) is 11.3 Å². The lowest BCUT2D eigenvalue weighted by atomic mass is 10.1. The van der Waals surface area contributed by atoms with Crippen molar-refractivity contribution in [1.82, 2.24) is 0 Å². The van der Waals surface area contributed by atoms with Gasteiger partial charge in [0.2, 0.25) is 0 Å². The smallest absolute Gasteiger partial charge is 0.165 e. The van der Waals surface area contributed by atoms with Gasteiger partial charge in [-0.3, -0.25) is 4.79 Å². The minimum Gasteiger partial charge on any atom is -0.366 e. The summed E-state index contributed by atoms with van der Waals surface area (Å²) in [6.07, 6.45) is 2.71. The average molecular weight is 285 g/mol. The molecule has 0 amide bonds. The molecule has 20 heavy (non-hydrogen) atoms. The molecule has 2 heterocycles. The Morgan fingerprint density at radius 1 is 1.15 bits per heavy atom. The van der Waals surface area contributed by atoms with Gasteiger partial charge in [-0.1, -0.05) is 19.1 Å². The van der Waals surface area contributed by atoms with E-state index in [2.05, 4.69) is 30.0 Å². The van der Waals surface area contributed by atoms with Crippen LogP contribution in [-0.2, 0) is 13.0 Å². The van der Waals surface area contributed by atoms with Gasteiger partial charge in [0.25, 0.3) is 0 Å². The van der Waals surface area contributed by atoms with Crippen LogP contribution in [-0.4, -0.2) is 12.3 Å². The minimum absolute atomic E-state index is 0.281. The van der Waals surface area contributed by atoms with Gasteiger partial charge < -0.3 is 4.90 Å². The number of hydrogen-bond acceptors (Lipinski definition) is 3. The molecule has 0 radical (unpaired) electrons. The van der Waals surface area contributed by atoms with Crippen molar-refractivity contribution in [3.63, 3.8) is 0 Å². The summed E-state index contributed by atoms with van der Waals surface area (Å²) < 4.78 is 0. The van der Waals surface area contributed by atoms with E-state index in [0.717, 1.165) is 37.2 Å². The third-order valence-electron chi connectivity index (χ3n) is 3.79. The summed E-state index contributed by atoms with van der Waals surface area (Å²) in [4.78, 5) is 17.3. The Balaban J connectivity index is 1.89. The molecule has 0 bridgehead atoms. The summed E-state index contributed by atoms with van der Waals surface area (Å²) in [7, 11) is 0. The first-order valence-corrected chi connectivity index (χ1v) is 8.04. The molecule has 0 fully saturated rings. The van der Waals surface area contributed by atoms with Crippen molar-refractivity contribution in [1.29, 1.82) is 0 Å². The molecular formula is C17H19NOS. The molecule has 2 nitrogen and oxygen atoms in total. The van der Waals surface area contributed by atoms with E-state index in [1.165, 1.54) is 9.75 Å². The summed E-state index contributed by atoms with van der Waals surface area (Å²) in [6, 6.07) is 12.5. The Morgan fingerprint density at radius 3 is 2.75 bits per heavy atom. The topological polar surface area (TPSA) is 20.3 Å². The largest absolute Gasteiger partial charge is 0.366 e. The fourth-order valence-corrected chi connectivity index (χ4v) is 3.69. The molecule has 1 aromatic carbocycles. The first-order chi connectivity index (χ1) is 9.78. The van der Waals surface area contributed by atoms with Gasteiger partial charge in [-0.25, -0.2) is 0 Å². The van der Waals surface area contributed by atoms with E-state index in [9.17, 15) is 4.79 Å². The number of carbonyl (C=O) groups excluding carboxylic acids is 1. The van der Waals surface area contributed by atoms with E-state index >= 15 is 0 Å². The summed E-state index contributed by atoms with van der Waals surface area (Å²) in [5, 5.41) is 0. The lowest BCUT2D eigenvalue weighted by molar-refractivity contribution is 0.0984. The molecule has 0 atom stereocenters. The van der Waals surface area contributed by atoms with Crippen molar-refractivity contribution in [2.75, 3.05) is 11.4 Å². The number of aryl methyl sites for hydroxylation is 1. The van der Waals surface area contributed by atoms with E-state index in [1.807, 2.05) is 29.5 Å². The number of hydrogen-bond donors (Lipinski definition) is 0. The van der Waals surface area contributed by atoms with E-state index in [4.69, 9.17) is 0 Å². The molecule has 1 aliphatic heterocycles. The molecule has 2 aromatic rings. The number of anilines is 1. The minimum atomic E-state index is 0.281. The second kappa shape index (κ2) is 5.80. The van der Waals surface area contributed by atoms with Gasteiger partial charge in [-0.05, 0) is 37.1 Å². The zero-order valence-corrected chi connectivity index (χ0v) is 12.6. The molecule has 104 valence electrons.